The van der Waals surface area contributed by atoms with Gasteiger partial charge >= 0.3 is 11.9 Å². The minimum Gasteiger partial charge on any atom is -0.459 e. The summed E-state index contributed by atoms with van der Waals surface area (Å²) in [5, 5.41) is 0. The summed E-state index contributed by atoms with van der Waals surface area (Å²) in [6, 6.07) is 0. The van der Waals surface area contributed by atoms with Gasteiger partial charge in [0.05, 0.1) is 10.8 Å². The highest BCUT2D eigenvalue weighted by Crippen LogP contribution is 2.42. The van der Waals surface area contributed by atoms with Crippen LogP contribution in [0.4, 0.5) is 0 Å². The number of esters is 2. The first-order valence-corrected chi connectivity index (χ1v) is 11.4. The minimum atomic E-state index is -0.724. The van der Waals surface area contributed by atoms with Gasteiger partial charge in [0.1, 0.15) is 11.2 Å². The Morgan fingerprint density at radius 2 is 1.14 bits per heavy atom. The zero-order valence-electron chi connectivity index (χ0n) is 19.1. The number of hydrogen-bond acceptors (Lipinski definition) is 4. The molecule has 1 atom stereocenters. The Labute approximate surface area is 172 Å². The van der Waals surface area contributed by atoms with E-state index in [1.807, 2.05) is 27.7 Å². The molecule has 0 aromatic heterocycles. The number of carbonyl (C=O) groups excluding carboxylic acids is 2. The molecule has 0 heterocycles. The van der Waals surface area contributed by atoms with Gasteiger partial charge in [-0.15, -0.1) is 0 Å². The van der Waals surface area contributed by atoms with Gasteiger partial charge in [-0.2, -0.15) is 0 Å². The Hall–Kier alpha value is -1.06. The predicted octanol–water partition coefficient (Wildman–Crippen LogP) is 6.35. The van der Waals surface area contributed by atoms with Crippen LogP contribution in [-0.4, -0.2) is 23.1 Å². The van der Waals surface area contributed by atoms with Gasteiger partial charge in [0.2, 0.25) is 0 Å². The average molecular weight is 395 g/mol. The molecule has 2 rings (SSSR count). The standard InChI is InChI=1S/C24H42O4/c1-7-22(4,20(26)28-24(6)16-12-9-13-17-24)18-21(2,3)19(25)27-23(5)14-10-8-11-15-23/h7-18H2,1-6H3. The van der Waals surface area contributed by atoms with Crippen LogP contribution in [0.2, 0.25) is 0 Å². The van der Waals surface area contributed by atoms with Crippen molar-refractivity contribution in [3.63, 3.8) is 0 Å². The molecule has 4 heteroatoms. The van der Waals surface area contributed by atoms with Gasteiger partial charge in [-0.05, 0) is 98.8 Å². The Kier molecular flexibility index (Phi) is 7.26. The minimum absolute atomic E-state index is 0.163. The van der Waals surface area contributed by atoms with Crippen LogP contribution in [0.1, 0.15) is 119 Å². The molecule has 162 valence electrons. The molecule has 2 aliphatic carbocycles. The third-order valence-electron chi connectivity index (χ3n) is 7.16. The van der Waals surface area contributed by atoms with Crippen molar-refractivity contribution in [1.29, 1.82) is 0 Å². The van der Waals surface area contributed by atoms with E-state index in [0.29, 0.717) is 12.8 Å². The lowest BCUT2D eigenvalue weighted by molar-refractivity contribution is -0.181. The number of rotatable bonds is 7. The molecule has 0 radical (unpaired) electrons. The van der Waals surface area contributed by atoms with Crippen molar-refractivity contribution >= 4 is 11.9 Å². The molecule has 2 saturated carbocycles. The third-order valence-corrected chi connectivity index (χ3v) is 7.16. The normalized spacial score (nSPS) is 24.1. The van der Waals surface area contributed by atoms with E-state index in [1.165, 1.54) is 12.8 Å². The van der Waals surface area contributed by atoms with Gasteiger partial charge in [0.25, 0.3) is 0 Å². The molecule has 4 nitrogen and oxygen atoms in total. The molecule has 2 fully saturated rings. The molecule has 28 heavy (non-hydrogen) atoms. The van der Waals surface area contributed by atoms with Gasteiger partial charge in [-0.3, -0.25) is 9.59 Å². The van der Waals surface area contributed by atoms with Crippen LogP contribution in [0.5, 0.6) is 0 Å². The molecule has 0 aromatic rings. The highest BCUT2D eigenvalue weighted by atomic mass is 16.6. The third kappa shape index (κ3) is 5.73. The van der Waals surface area contributed by atoms with Gasteiger partial charge in [0.15, 0.2) is 0 Å². The van der Waals surface area contributed by atoms with Crippen LogP contribution < -0.4 is 0 Å². The van der Waals surface area contributed by atoms with Crippen molar-refractivity contribution in [3.05, 3.63) is 0 Å². The zero-order valence-corrected chi connectivity index (χ0v) is 19.1. The summed E-state index contributed by atoms with van der Waals surface area (Å²) in [7, 11) is 0. The van der Waals surface area contributed by atoms with Crippen molar-refractivity contribution in [2.75, 3.05) is 0 Å². The van der Waals surface area contributed by atoms with Gasteiger partial charge in [0, 0.05) is 0 Å². The Bertz CT molecular complexity index is 553. The van der Waals surface area contributed by atoms with E-state index < -0.39 is 10.8 Å². The summed E-state index contributed by atoms with van der Waals surface area (Å²) < 4.78 is 12.0. The summed E-state index contributed by atoms with van der Waals surface area (Å²) >= 11 is 0. The lowest BCUT2D eigenvalue weighted by Crippen LogP contribution is -2.45. The van der Waals surface area contributed by atoms with Crippen molar-refractivity contribution in [2.45, 2.75) is 130 Å². The average Bonchev–Trinajstić information content (AvgIpc) is 2.61. The second-order valence-corrected chi connectivity index (χ2v) is 10.8. The van der Waals surface area contributed by atoms with Crippen LogP contribution in [0, 0.1) is 10.8 Å². The van der Waals surface area contributed by atoms with Crippen LogP contribution in [-0.2, 0) is 19.1 Å². The van der Waals surface area contributed by atoms with Crippen molar-refractivity contribution in [3.8, 4) is 0 Å². The fourth-order valence-corrected chi connectivity index (χ4v) is 4.90. The van der Waals surface area contributed by atoms with E-state index in [2.05, 4.69) is 13.8 Å². The van der Waals surface area contributed by atoms with Crippen LogP contribution in [0.15, 0.2) is 0 Å². The highest BCUT2D eigenvalue weighted by molar-refractivity contribution is 5.80. The quantitative estimate of drug-likeness (QED) is 0.472. The lowest BCUT2D eigenvalue weighted by atomic mass is 9.72. The molecular weight excluding hydrogens is 352 g/mol. The van der Waals surface area contributed by atoms with E-state index in [9.17, 15) is 9.59 Å². The number of ether oxygens (including phenoxy) is 2. The van der Waals surface area contributed by atoms with Crippen molar-refractivity contribution in [2.24, 2.45) is 10.8 Å². The molecule has 0 N–H and O–H groups in total. The second kappa shape index (κ2) is 8.75. The first-order valence-electron chi connectivity index (χ1n) is 11.4. The van der Waals surface area contributed by atoms with E-state index in [4.69, 9.17) is 9.47 Å². The van der Waals surface area contributed by atoms with Crippen molar-refractivity contribution in [1.82, 2.24) is 0 Å². The Morgan fingerprint density at radius 3 is 1.54 bits per heavy atom. The maximum atomic E-state index is 13.1. The Morgan fingerprint density at radius 1 is 0.750 bits per heavy atom. The molecule has 0 aromatic carbocycles. The fraction of sp³-hybridized carbons (Fsp3) is 0.917. The van der Waals surface area contributed by atoms with E-state index in [-0.39, 0.29) is 23.1 Å². The highest BCUT2D eigenvalue weighted by Gasteiger charge is 2.46. The van der Waals surface area contributed by atoms with E-state index in [1.54, 1.807) is 0 Å². The summed E-state index contributed by atoms with van der Waals surface area (Å²) in [6.07, 6.45) is 11.7. The largest absolute Gasteiger partial charge is 0.459 e. The molecule has 0 amide bonds. The van der Waals surface area contributed by atoms with E-state index >= 15 is 0 Å². The predicted molar refractivity (Wildman–Crippen MR) is 112 cm³/mol. The summed E-state index contributed by atoms with van der Waals surface area (Å²) in [5.74, 6) is -0.350. The first-order chi connectivity index (χ1) is 12.9. The zero-order chi connectivity index (χ0) is 21.1. The van der Waals surface area contributed by atoms with Crippen LogP contribution in [0.25, 0.3) is 0 Å². The second-order valence-electron chi connectivity index (χ2n) is 10.8. The number of hydrogen-bond donors (Lipinski definition) is 0. The molecule has 0 saturated heterocycles. The van der Waals surface area contributed by atoms with Gasteiger partial charge in [-0.25, -0.2) is 0 Å². The number of carbonyl (C=O) groups is 2. The summed E-state index contributed by atoms with van der Waals surface area (Å²) in [5.41, 5.74) is -2.12. The maximum absolute atomic E-state index is 13.1. The Balaban J connectivity index is 2.04. The molecule has 0 bridgehead atoms. The molecule has 0 spiro atoms. The summed E-state index contributed by atoms with van der Waals surface area (Å²) in [4.78, 5) is 26.2. The first kappa shape index (κ1) is 23.2. The topological polar surface area (TPSA) is 52.6 Å². The maximum Gasteiger partial charge on any atom is 0.312 e. The van der Waals surface area contributed by atoms with Gasteiger partial charge in [-0.1, -0.05) is 19.8 Å². The molecule has 1 unspecified atom stereocenters. The van der Waals surface area contributed by atoms with Gasteiger partial charge < -0.3 is 9.47 Å². The lowest BCUT2D eigenvalue weighted by Gasteiger charge is -2.41. The molecular formula is C24H42O4. The van der Waals surface area contributed by atoms with Crippen molar-refractivity contribution < 1.29 is 19.1 Å². The van der Waals surface area contributed by atoms with Crippen LogP contribution >= 0.6 is 0 Å². The monoisotopic (exact) mass is 394 g/mol. The SMILES string of the molecule is CCC(C)(CC(C)(C)C(=O)OC1(C)CCCCC1)C(=O)OC1(C)CCCCC1. The van der Waals surface area contributed by atoms with Crippen LogP contribution in [0.3, 0.4) is 0 Å². The smallest absolute Gasteiger partial charge is 0.312 e. The molecule has 2 aliphatic rings. The summed E-state index contributed by atoms with van der Waals surface area (Å²) in [6.45, 7) is 11.9. The fourth-order valence-electron chi connectivity index (χ4n) is 4.90. The molecule has 0 aliphatic heterocycles. The van der Waals surface area contributed by atoms with E-state index in [0.717, 1.165) is 51.4 Å².